The van der Waals surface area contributed by atoms with Crippen LogP contribution in [0.15, 0.2) is 18.2 Å². The first-order valence-corrected chi connectivity index (χ1v) is 7.96. The van der Waals surface area contributed by atoms with E-state index >= 15 is 0 Å². The molecule has 0 amide bonds. The number of likely N-dealkylation sites (tertiary alicyclic amines) is 1. The maximum absolute atomic E-state index is 13.8. The maximum atomic E-state index is 13.8. The molecule has 5 heteroatoms. The lowest BCUT2D eigenvalue weighted by atomic mass is 9.81. The zero-order chi connectivity index (χ0) is 15.6. The summed E-state index contributed by atoms with van der Waals surface area (Å²) in [5, 5.41) is 0. The Morgan fingerprint density at radius 2 is 2.09 bits per heavy atom. The molecule has 0 aromatic heterocycles. The molecule has 1 aromatic rings. The largest absolute Gasteiger partial charge is 0.378 e. The standard InChI is InChI=1S/C17H23F2NO2/c1-21-15-6-3-11-22-17(15)7-9-20(10-8-17)12-13-4-2-5-14(18)16(13)19/h2,4-5,15H,3,6-12H2,1H3/t15-/m0/s1. The summed E-state index contributed by atoms with van der Waals surface area (Å²) >= 11 is 0. The van der Waals surface area contributed by atoms with E-state index in [9.17, 15) is 8.78 Å². The number of ether oxygens (including phenoxy) is 2. The van der Waals surface area contributed by atoms with Gasteiger partial charge in [0.15, 0.2) is 11.6 Å². The van der Waals surface area contributed by atoms with Crippen LogP contribution < -0.4 is 0 Å². The van der Waals surface area contributed by atoms with Gasteiger partial charge in [0.05, 0.1) is 11.7 Å². The molecule has 2 saturated heterocycles. The molecule has 2 heterocycles. The van der Waals surface area contributed by atoms with Crippen molar-refractivity contribution in [2.75, 3.05) is 26.8 Å². The smallest absolute Gasteiger partial charge is 0.163 e. The van der Waals surface area contributed by atoms with Crippen molar-refractivity contribution in [3.63, 3.8) is 0 Å². The molecule has 0 radical (unpaired) electrons. The van der Waals surface area contributed by atoms with Gasteiger partial charge in [-0.1, -0.05) is 12.1 Å². The van der Waals surface area contributed by atoms with Gasteiger partial charge in [-0.05, 0) is 31.7 Å². The molecule has 2 aliphatic rings. The molecule has 1 atom stereocenters. The highest BCUT2D eigenvalue weighted by Gasteiger charge is 2.44. The van der Waals surface area contributed by atoms with Gasteiger partial charge in [-0.3, -0.25) is 4.90 Å². The van der Waals surface area contributed by atoms with Gasteiger partial charge in [-0.2, -0.15) is 0 Å². The molecule has 0 saturated carbocycles. The summed E-state index contributed by atoms with van der Waals surface area (Å²) in [6.45, 7) is 2.86. The average molecular weight is 311 g/mol. The van der Waals surface area contributed by atoms with E-state index in [1.165, 1.54) is 0 Å². The van der Waals surface area contributed by atoms with Crippen molar-refractivity contribution in [2.45, 2.75) is 43.9 Å². The molecule has 1 spiro atoms. The molecule has 3 nitrogen and oxygen atoms in total. The fourth-order valence-corrected chi connectivity index (χ4v) is 3.70. The summed E-state index contributed by atoms with van der Waals surface area (Å²) in [5.41, 5.74) is 0.230. The van der Waals surface area contributed by atoms with E-state index in [0.717, 1.165) is 51.4 Å². The second-order valence-electron chi connectivity index (χ2n) is 6.27. The predicted molar refractivity (Wildman–Crippen MR) is 79.6 cm³/mol. The van der Waals surface area contributed by atoms with Crippen molar-refractivity contribution < 1.29 is 18.3 Å². The maximum Gasteiger partial charge on any atom is 0.163 e. The topological polar surface area (TPSA) is 21.7 Å². The van der Waals surface area contributed by atoms with Crippen LogP contribution in [-0.4, -0.2) is 43.4 Å². The third kappa shape index (κ3) is 3.03. The van der Waals surface area contributed by atoms with Crippen LogP contribution in [0.2, 0.25) is 0 Å². The minimum Gasteiger partial charge on any atom is -0.378 e. The SMILES string of the molecule is CO[C@H]1CCCOC12CCN(Cc1cccc(F)c1F)CC2. The molecule has 2 aliphatic heterocycles. The van der Waals surface area contributed by atoms with Crippen LogP contribution in [0.3, 0.4) is 0 Å². The lowest BCUT2D eigenvalue weighted by Gasteiger charge is -2.48. The Balaban J connectivity index is 1.63. The van der Waals surface area contributed by atoms with Crippen molar-refractivity contribution >= 4 is 0 Å². The summed E-state index contributed by atoms with van der Waals surface area (Å²) in [6.07, 6.45) is 3.98. The summed E-state index contributed by atoms with van der Waals surface area (Å²) in [4.78, 5) is 2.16. The van der Waals surface area contributed by atoms with Gasteiger partial charge in [0.1, 0.15) is 0 Å². The summed E-state index contributed by atoms with van der Waals surface area (Å²) in [5.74, 6) is -1.51. The number of benzene rings is 1. The lowest BCUT2D eigenvalue weighted by molar-refractivity contribution is -0.186. The van der Waals surface area contributed by atoms with E-state index in [1.807, 2.05) is 0 Å². The molecular formula is C17H23F2NO2. The van der Waals surface area contributed by atoms with Crippen LogP contribution in [-0.2, 0) is 16.0 Å². The van der Waals surface area contributed by atoms with Crippen molar-refractivity contribution in [3.8, 4) is 0 Å². The average Bonchev–Trinajstić information content (AvgIpc) is 2.54. The van der Waals surface area contributed by atoms with E-state index in [-0.39, 0.29) is 11.7 Å². The van der Waals surface area contributed by atoms with Crippen LogP contribution in [0.25, 0.3) is 0 Å². The van der Waals surface area contributed by atoms with Crippen LogP contribution in [0.5, 0.6) is 0 Å². The lowest BCUT2D eigenvalue weighted by Crippen LogP contribution is -2.55. The highest BCUT2D eigenvalue weighted by Crippen LogP contribution is 2.37. The quantitative estimate of drug-likeness (QED) is 0.856. The van der Waals surface area contributed by atoms with Gasteiger partial charge in [-0.25, -0.2) is 8.78 Å². The molecular weight excluding hydrogens is 288 g/mol. The van der Waals surface area contributed by atoms with Gasteiger partial charge >= 0.3 is 0 Å². The van der Waals surface area contributed by atoms with Crippen molar-refractivity contribution in [3.05, 3.63) is 35.4 Å². The molecule has 3 rings (SSSR count). The minimum absolute atomic E-state index is 0.148. The predicted octanol–water partition coefficient (Wildman–Crippen LogP) is 3.12. The fourth-order valence-electron chi connectivity index (χ4n) is 3.70. The Kier molecular flexibility index (Phi) is 4.76. The van der Waals surface area contributed by atoms with Crippen molar-refractivity contribution in [2.24, 2.45) is 0 Å². The number of rotatable bonds is 3. The van der Waals surface area contributed by atoms with E-state index in [4.69, 9.17) is 9.47 Å². The number of halogens is 2. The Bertz CT molecular complexity index is 515. The molecule has 2 fully saturated rings. The Morgan fingerprint density at radius 1 is 1.32 bits per heavy atom. The summed E-state index contributed by atoms with van der Waals surface area (Å²) in [6, 6.07) is 4.37. The number of hydrogen-bond acceptors (Lipinski definition) is 3. The first-order chi connectivity index (χ1) is 10.6. The molecule has 0 unspecified atom stereocenters. The molecule has 0 bridgehead atoms. The van der Waals surface area contributed by atoms with Crippen LogP contribution >= 0.6 is 0 Å². The highest BCUT2D eigenvalue weighted by molar-refractivity contribution is 5.19. The normalized spacial score (nSPS) is 25.5. The van der Waals surface area contributed by atoms with Gasteiger partial charge in [0.2, 0.25) is 0 Å². The monoisotopic (exact) mass is 311 g/mol. The van der Waals surface area contributed by atoms with E-state index < -0.39 is 11.6 Å². The molecule has 0 N–H and O–H groups in total. The van der Waals surface area contributed by atoms with Crippen LogP contribution in [0.1, 0.15) is 31.2 Å². The number of piperidine rings is 1. The van der Waals surface area contributed by atoms with E-state index in [0.29, 0.717) is 12.1 Å². The first-order valence-electron chi connectivity index (χ1n) is 7.96. The van der Waals surface area contributed by atoms with Gasteiger partial charge in [0, 0.05) is 38.9 Å². The minimum atomic E-state index is -0.777. The number of nitrogens with zero attached hydrogens (tertiary/aromatic N) is 1. The van der Waals surface area contributed by atoms with Gasteiger partial charge in [0.25, 0.3) is 0 Å². The number of hydrogen-bond donors (Lipinski definition) is 0. The Morgan fingerprint density at radius 3 is 2.82 bits per heavy atom. The van der Waals surface area contributed by atoms with E-state index in [2.05, 4.69) is 4.90 Å². The van der Waals surface area contributed by atoms with Crippen LogP contribution in [0.4, 0.5) is 8.78 Å². The number of methoxy groups -OCH3 is 1. The fraction of sp³-hybridized carbons (Fsp3) is 0.647. The zero-order valence-corrected chi connectivity index (χ0v) is 13.0. The van der Waals surface area contributed by atoms with Crippen molar-refractivity contribution in [1.29, 1.82) is 0 Å². The molecule has 22 heavy (non-hydrogen) atoms. The third-order valence-electron chi connectivity index (χ3n) is 5.00. The summed E-state index contributed by atoms with van der Waals surface area (Å²) in [7, 11) is 1.75. The first kappa shape index (κ1) is 15.8. The Labute approximate surface area is 130 Å². The van der Waals surface area contributed by atoms with Gasteiger partial charge < -0.3 is 9.47 Å². The Hall–Kier alpha value is -1.04. The highest BCUT2D eigenvalue weighted by atomic mass is 19.2. The van der Waals surface area contributed by atoms with E-state index in [1.54, 1.807) is 19.2 Å². The van der Waals surface area contributed by atoms with Crippen molar-refractivity contribution in [1.82, 2.24) is 4.90 Å². The molecule has 0 aliphatic carbocycles. The third-order valence-corrected chi connectivity index (χ3v) is 5.00. The molecule has 122 valence electrons. The summed E-state index contributed by atoms with van der Waals surface area (Å²) < 4.78 is 38.7. The molecule has 1 aromatic carbocycles. The second-order valence-corrected chi connectivity index (χ2v) is 6.27. The van der Waals surface area contributed by atoms with Gasteiger partial charge in [-0.15, -0.1) is 0 Å². The van der Waals surface area contributed by atoms with Crippen LogP contribution in [0, 0.1) is 11.6 Å². The zero-order valence-electron chi connectivity index (χ0n) is 13.0. The second kappa shape index (κ2) is 6.60.